The van der Waals surface area contributed by atoms with Crippen LogP contribution < -0.4 is 0 Å². The molecule has 0 unspecified atom stereocenters. The van der Waals surface area contributed by atoms with Gasteiger partial charge in [0.25, 0.3) is 5.91 Å². The van der Waals surface area contributed by atoms with E-state index < -0.39 is 6.10 Å². The average Bonchev–Trinajstić information content (AvgIpc) is 3.10. The van der Waals surface area contributed by atoms with Crippen LogP contribution in [-0.2, 0) is 6.42 Å². The number of hydrogen-bond donors (Lipinski definition) is 1. The number of rotatable bonds is 3. The zero-order chi connectivity index (χ0) is 13.9. The molecule has 0 spiro atoms. The van der Waals surface area contributed by atoms with Crippen LogP contribution >= 0.6 is 0 Å². The molecule has 20 heavy (non-hydrogen) atoms. The van der Waals surface area contributed by atoms with E-state index in [9.17, 15) is 9.90 Å². The summed E-state index contributed by atoms with van der Waals surface area (Å²) in [5, 5.41) is 10.1. The van der Waals surface area contributed by atoms with E-state index in [0.29, 0.717) is 25.1 Å². The molecule has 1 amide bonds. The molecule has 1 saturated heterocycles. The monoisotopic (exact) mass is 273 g/mol. The van der Waals surface area contributed by atoms with Gasteiger partial charge in [0.05, 0.1) is 23.6 Å². The molecule has 3 rings (SSSR count). The predicted molar refractivity (Wildman–Crippen MR) is 69.8 cm³/mol. The van der Waals surface area contributed by atoms with E-state index in [0.717, 1.165) is 5.69 Å². The van der Waals surface area contributed by atoms with Crippen molar-refractivity contribution in [3.8, 4) is 0 Å². The minimum atomic E-state index is -0.534. The topological polar surface area (TPSA) is 79.5 Å². The molecule has 0 aromatic carbocycles. The van der Waals surface area contributed by atoms with Crippen molar-refractivity contribution in [1.29, 1.82) is 0 Å². The van der Waals surface area contributed by atoms with Crippen molar-refractivity contribution in [3.05, 3.63) is 48.4 Å². The molecule has 0 bridgehead atoms. The van der Waals surface area contributed by atoms with Gasteiger partial charge in [0.1, 0.15) is 6.26 Å². The number of β-amino-alcohol motifs (C(OH)–C–C–N with tert-alkyl or cyclic N) is 1. The Kier molecular flexibility index (Phi) is 3.47. The summed E-state index contributed by atoms with van der Waals surface area (Å²) in [6.45, 7) is 0.858. The largest absolute Gasteiger partial charge is 0.472 e. The number of likely N-dealkylation sites (tertiary alicyclic amines) is 1. The Morgan fingerprint density at radius 2 is 2.35 bits per heavy atom. The molecule has 104 valence electrons. The highest BCUT2D eigenvalue weighted by Gasteiger charge is 2.34. The summed E-state index contributed by atoms with van der Waals surface area (Å²) in [4.78, 5) is 22.0. The third-order valence-electron chi connectivity index (χ3n) is 3.55. The number of nitrogens with zero attached hydrogens (tertiary/aromatic N) is 3. The van der Waals surface area contributed by atoms with E-state index in [2.05, 4.69) is 9.97 Å². The van der Waals surface area contributed by atoms with Gasteiger partial charge in [-0.05, 0) is 12.5 Å². The summed E-state index contributed by atoms with van der Waals surface area (Å²) in [5.41, 5.74) is 1.34. The molecule has 2 aromatic rings. The minimum absolute atomic E-state index is 0.0115. The zero-order valence-corrected chi connectivity index (χ0v) is 10.8. The third kappa shape index (κ3) is 2.55. The van der Waals surface area contributed by atoms with Crippen molar-refractivity contribution in [2.75, 3.05) is 13.1 Å². The van der Waals surface area contributed by atoms with Crippen LogP contribution in [0, 0.1) is 5.92 Å². The molecule has 1 fully saturated rings. The maximum atomic E-state index is 12.2. The molecular formula is C14H15N3O3. The number of hydrogen-bond acceptors (Lipinski definition) is 5. The third-order valence-corrected chi connectivity index (χ3v) is 3.55. The number of carbonyl (C=O) groups excluding carboxylic acids is 1. The second kappa shape index (κ2) is 5.42. The van der Waals surface area contributed by atoms with Crippen LogP contribution in [0.15, 0.2) is 41.6 Å². The number of furan rings is 1. The van der Waals surface area contributed by atoms with E-state index in [1.165, 1.54) is 12.5 Å². The van der Waals surface area contributed by atoms with Gasteiger partial charge in [-0.25, -0.2) is 0 Å². The lowest BCUT2D eigenvalue weighted by molar-refractivity contribution is 0.0764. The molecule has 1 aliphatic heterocycles. The van der Waals surface area contributed by atoms with Crippen molar-refractivity contribution in [2.24, 2.45) is 5.92 Å². The van der Waals surface area contributed by atoms with Crippen molar-refractivity contribution >= 4 is 5.91 Å². The molecule has 0 aliphatic carbocycles. The van der Waals surface area contributed by atoms with E-state index in [-0.39, 0.29) is 11.8 Å². The SMILES string of the molecule is O=C(c1ccoc1)N1C[C@@H](Cc2cnccn2)[C@H](O)C1. The molecule has 3 heterocycles. The Hall–Kier alpha value is -2.21. The van der Waals surface area contributed by atoms with Gasteiger partial charge >= 0.3 is 0 Å². The minimum Gasteiger partial charge on any atom is -0.472 e. The fourth-order valence-corrected chi connectivity index (χ4v) is 2.49. The Morgan fingerprint density at radius 1 is 1.45 bits per heavy atom. The molecular weight excluding hydrogens is 258 g/mol. The number of aromatic nitrogens is 2. The van der Waals surface area contributed by atoms with Crippen LogP contribution in [0.4, 0.5) is 0 Å². The quantitative estimate of drug-likeness (QED) is 0.892. The lowest BCUT2D eigenvalue weighted by atomic mass is 10.0. The number of amides is 1. The first-order valence-corrected chi connectivity index (χ1v) is 6.48. The second-order valence-electron chi connectivity index (χ2n) is 4.95. The van der Waals surface area contributed by atoms with Gasteiger partial charge < -0.3 is 14.4 Å². The average molecular weight is 273 g/mol. The highest BCUT2D eigenvalue weighted by molar-refractivity contribution is 5.94. The fourth-order valence-electron chi connectivity index (χ4n) is 2.49. The van der Waals surface area contributed by atoms with Crippen LogP contribution in [0.1, 0.15) is 16.1 Å². The first-order chi connectivity index (χ1) is 9.74. The molecule has 1 N–H and O–H groups in total. The molecule has 2 aromatic heterocycles. The molecule has 6 nitrogen and oxygen atoms in total. The first-order valence-electron chi connectivity index (χ1n) is 6.48. The molecule has 6 heteroatoms. The summed E-state index contributed by atoms with van der Waals surface area (Å²) < 4.78 is 4.92. The normalized spacial score (nSPS) is 22.1. The van der Waals surface area contributed by atoms with Gasteiger partial charge in [-0.3, -0.25) is 14.8 Å². The van der Waals surface area contributed by atoms with Crippen LogP contribution in [-0.4, -0.2) is 45.1 Å². The molecule has 0 saturated carbocycles. The summed E-state index contributed by atoms with van der Waals surface area (Å²) in [7, 11) is 0. The predicted octanol–water partition coefficient (Wildman–Crippen LogP) is 0.745. The van der Waals surface area contributed by atoms with Gasteiger partial charge in [-0.2, -0.15) is 0 Å². The summed E-state index contributed by atoms with van der Waals surface area (Å²) in [6, 6.07) is 1.63. The molecule has 0 radical (unpaired) electrons. The Morgan fingerprint density at radius 3 is 3.05 bits per heavy atom. The van der Waals surface area contributed by atoms with Crippen LogP contribution in [0.25, 0.3) is 0 Å². The van der Waals surface area contributed by atoms with E-state index in [1.807, 2.05) is 0 Å². The fraction of sp³-hybridized carbons (Fsp3) is 0.357. The second-order valence-corrected chi connectivity index (χ2v) is 4.95. The van der Waals surface area contributed by atoms with Gasteiger partial charge in [-0.1, -0.05) is 0 Å². The Labute approximate surface area is 116 Å². The van der Waals surface area contributed by atoms with E-state index >= 15 is 0 Å². The highest BCUT2D eigenvalue weighted by atomic mass is 16.3. The van der Waals surface area contributed by atoms with Crippen molar-refractivity contribution < 1.29 is 14.3 Å². The summed E-state index contributed by atoms with van der Waals surface area (Å²) >= 11 is 0. The Balaban J connectivity index is 1.66. The van der Waals surface area contributed by atoms with Crippen molar-refractivity contribution in [3.63, 3.8) is 0 Å². The van der Waals surface area contributed by atoms with E-state index in [1.54, 1.807) is 29.6 Å². The number of carbonyl (C=O) groups is 1. The van der Waals surface area contributed by atoms with Gasteiger partial charge in [0.2, 0.25) is 0 Å². The lowest BCUT2D eigenvalue weighted by Gasteiger charge is -2.14. The van der Waals surface area contributed by atoms with Crippen molar-refractivity contribution in [2.45, 2.75) is 12.5 Å². The Bertz CT molecular complexity index is 571. The standard InChI is InChI=1S/C14H15N3O3/c18-13-8-17(14(19)10-1-4-20-9-10)7-11(13)5-12-6-15-2-3-16-12/h1-4,6,9,11,13,18H,5,7-8H2/t11-,13-/m1/s1. The maximum absolute atomic E-state index is 12.2. The van der Waals surface area contributed by atoms with E-state index in [4.69, 9.17) is 4.42 Å². The zero-order valence-electron chi connectivity index (χ0n) is 10.8. The van der Waals surface area contributed by atoms with Crippen molar-refractivity contribution in [1.82, 2.24) is 14.9 Å². The number of aliphatic hydroxyl groups excluding tert-OH is 1. The van der Waals surface area contributed by atoms with Crippen LogP contribution in [0.5, 0.6) is 0 Å². The molecule has 2 atom stereocenters. The summed E-state index contributed by atoms with van der Waals surface area (Å²) in [6.07, 6.45) is 7.90. The molecule has 1 aliphatic rings. The number of aliphatic hydroxyl groups is 1. The summed E-state index contributed by atoms with van der Waals surface area (Å²) in [5.74, 6) is -0.123. The first kappa shape index (κ1) is 12.8. The van der Waals surface area contributed by atoms with Gasteiger partial charge in [0.15, 0.2) is 0 Å². The smallest absolute Gasteiger partial charge is 0.257 e. The van der Waals surface area contributed by atoms with Gasteiger partial charge in [-0.15, -0.1) is 0 Å². The highest BCUT2D eigenvalue weighted by Crippen LogP contribution is 2.22. The maximum Gasteiger partial charge on any atom is 0.257 e. The van der Waals surface area contributed by atoms with Crippen LogP contribution in [0.3, 0.4) is 0 Å². The van der Waals surface area contributed by atoms with Gasteiger partial charge in [0, 0.05) is 37.6 Å². The lowest BCUT2D eigenvalue weighted by Crippen LogP contribution is -2.29. The van der Waals surface area contributed by atoms with Crippen LogP contribution in [0.2, 0.25) is 0 Å².